The summed E-state index contributed by atoms with van der Waals surface area (Å²) in [7, 11) is 0. The minimum absolute atomic E-state index is 0.00981. The summed E-state index contributed by atoms with van der Waals surface area (Å²) in [6, 6.07) is 6.89. The predicted octanol–water partition coefficient (Wildman–Crippen LogP) is -0.0548. The first-order valence-electron chi connectivity index (χ1n) is 5.41. The molecule has 0 saturated carbocycles. The molecule has 1 aliphatic heterocycles. The molecule has 3 rings (SSSR count). The van der Waals surface area contributed by atoms with Gasteiger partial charge >= 0.3 is 5.69 Å². The first-order chi connectivity index (χ1) is 9.08. The third-order valence-corrected chi connectivity index (χ3v) is 2.82. The number of aliphatic imine (C=N–C) groups is 1. The molecule has 0 atom stereocenters. The molecule has 0 fully saturated rings. The van der Waals surface area contributed by atoms with Crippen molar-refractivity contribution in [2.75, 3.05) is 0 Å². The Kier molecular flexibility index (Phi) is 2.21. The molecule has 1 aromatic heterocycles. The van der Waals surface area contributed by atoms with Crippen molar-refractivity contribution in [3.63, 3.8) is 0 Å². The second kappa shape index (κ2) is 3.77. The van der Waals surface area contributed by atoms with E-state index in [2.05, 4.69) is 9.98 Å². The summed E-state index contributed by atoms with van der Waals surface area (Å²) >= 11 is 0. The lowest BCUT2D eigenvalue weighted by atomic mass is 10.0. The van der Waals surface area contributed by atoms with E-state index in [4.69, 9.17) is 5.41 Å². The van der Waals surface area contributed by atoms with Gasteiger partial charge in [0.2, 0.25) is 5.88 Å². The van der Waals surface area contributed by atoms with E-state index in [1.165, 1.54) is 0 Å². The van der Waals surface area contributed by atoms with E-state index >= 15 is 0 Å². The zero-order valence-electron chi connectivity index (χ0n) is 9.52. The first kappa shape index (κ1) is 11.1. The Hall–Kier alpha value is -2.96. The Balaban J connectivity index is 2.32. The summed E-state index contributed by atoms with van der Waals surface area (Å²) in [5.74, 6) is -0.549. The van der Waals surface area contributed by atoms with Crippen LogP contribution in [0, 0.1) is 5.41 Å². The average Bonchev–Trinajstić information content (AvgIpc) is 2.67. The highest BCUT2D eigenvalue weighted by molar-refractivity contribution is 6.28. The van der Waals surface area contributed by atoms with Crippen molar-refractivity contribution in [3.05, 3.63) is 61.8 Å². The zero-order valence-corrected chi connectivity index (χ0v) is 9.52. The number of nitrogens with zero attached hydrogens (tertiary/aromatic N) is 1. The molecule has 0 bridgehead atoms. The van der Waals surface area contributed by atoms with Crippen molar-refractivity contribution in [2.45, 2.75) is 0 Å². The fraction of sp³-hybridized carbons (Fsp3) is 0. The lowest BCUT2D eigenvalue weighted by Gasteiger charge is -2.03. The number of aromatic nitrogens is 2. The Bertz CT molecular complexity index is 845. The number of rotatable bonds is 1. The topological polar surface area (TPSA) is 122 Å². The SMILES string of the molecule is N=C1N=C(c2c(O)[nH]c(=O)[nH]c2=O)c2ccccc21. The van der Waals surface area contributed by atoms with Crippen LogP contribution in [-0.2, 0) is 0 Å². The van der Waals surface area contributed by atoms with Crippen molar-refractivity contribution in [3.8, 4) is 5.88 Å². The monoisotopic (exact) mass is 256 g/mol. The third kappa shape index (κ3) is 1.60. The van der Waals surface area contributed by atoms with E-state index < -0.39 is 17.1 Å². The quantitative estimate of drug-likeness (QED) is 0.571. The highest BCUT2D eigenvalue weighted by Crippen LogP contribution is 2.23. The molecule has 2 heterocycles. The van der Waals surface area contributed by atoms with Gasteiger partial charge in [0, 0.05) is 11.1 Å². The molecule has 94 valence electrons. The van der Waals surface area contributed by atoms with Crippen LogP contribution in [0.3, 0.4) is 0 Å². The number of H-pyrrole nitrogens is 2. The molecule has 1 aromatic carbocycles. The van der Waals surface area contributed by atoms with E-state index in [0.717, 1.165) is 0 Å². The molecule has 2 aromatic rings. The van der Waals surface area contributed by atoms with Gasteiger partial charge in [-0.25, -0.2) is 9.79 Å². The van der Waals surface area contributed by atoms with E-state index in [-0.39, 0.29) is 17.1 Å². The molecule has 0 radical (unpaired) electrons. The minimum Gasteiger partial charge on any atom is -0.494 e. The number of aromatic amines is 2. The summed E-state index contributed by atoms with van der Waals surface area (Å²) in [4.78, 5) is 30.9. The lowest BCUT2D eigenvalue weighted by molar-refractivity contribution is 0.447. The number of benzene rings is 1. The van der Waals surface area contributed by atoms with E-state index in [1.807, 2.05) is 4.98 Å². The van der Waals surface area contributed by atoms with Gasteiger partial charge in [0.25, 0.3) is 5.56 Å². The van der Waals surface area contributed by atoms with Crippen molar-refractivity contribution in [1.29, 1.82) is 5.41 Å². The van der Waals surface area contributed by atoms with Gasteiger partial charge in [-0.1, -0.05) is 24.3 Å². The number of amidine groups is 1. The Morgan fingerprint density at radius 2 is 1.79 bits per heavy atom. The van der Waals surface area contributed by atoms with Crippen LogP contribution >= 0.6 is 0 Å². The predicted molar refractivity (Wildman–Crippen MR) is 68.3 cm³/mol. The van der Waals surface area contributed by atoms with E-state index in [1.54, 1.807) is 24.3 Å². The summed E-state index contributed by atoms with van der Waals surface area (Å²) in [5, 5.41) is 17.5. The molecule has 19 heavy (non-hydrogen) atoms. The van der Waals surface area contributed by atoms with Gasteiger partial charge in [0.05, 0.1) is 5.71 Å². The molecule has 0 spiro atoms. The number of nitrogens with one attached hydrogen (secondary N) is 3. The third-order valence-electron chi connectivity index (χ3n) is 2.82. The number of hydrogen-bond donors (Lipinski definition) is 4. The second-order valence-corrected chi connectivity index (χ2v) is 3.99. The van der Waals surface area contributed by atoms with Crippen LogP contribution in [-0.4, -0.2) is 26.6 Å². The van der Waals surface area contributed by atoms with Crippen LogP contribution in [0.15, 0.2) is 38.8 Å². The highest BCUT2D eigenvalue weighted by atomic mass is 16.3. The smallest absolute Gasteiger partial charge is 0.328 e. The Morgan fingerprint density at radius 3 is 2.47 bits per heavy atom. The Labute approximate surface area is 105 Å². The van der Waals surface area contributed by atoms with Crippen molar-refractivity contribution in [2.24, 2.45) is 4.99 Å². The molecular weight excluding hydrogens is 248 g/mol. The van der Waals surface area contributed by atoms with Crippen LogP contribution in [0.4, 0.5) is 0 Å². The van der Waals surface area contributed by atoms with Gasteiger partial charge in [-0.3, -0.25) is 20.2 Å². The standard InChI is InChI=1S/C12H8N4O3/c13-9-6-4-2-1-3-5(6)8(14-9)7-10(17)15-12(19)16-11(7)18/h1-4,13H,(H3,15,16,17,18,19). The fourth-order valence-electron chi connectivity index (χ4n) is 2.01. The molecular formula is C12H8N4O3. The first-order valence-corrected chi connectivity index (χ1v) is 5.41. The summed E-state index contributed by atoms with van der Waals surface area (Å²) < 4.78 is 0. The maximum atomic E-state index is 11.8. The molecule has 0 unspecified atom stereocenters. The largest absolute Gasteiger partial charge is 0.494 e. The number of fused-ring (bicyclic) bond motifs is 1. The molecule has 0 saturated heterocycles. The van der Waals surface area contributed by atoms with Gasteiger partial charge in [-0.15, -0.1) is 0 Å². The second-order valence-electron chi connectivity index (χ2n) is 3.99. The van der Waals surface area contributed by atoms with Crippen molar-refractivity contribution < 1.29 is 5.11 Å². The van der Waals surface area contributed by atoms with Crippen molar-refractivity contribution in [1.82, 2.24) is 9.97 Å². The number of aromatic hydroxyl groups is 1. The number of hydrogen-bond acceptors (Lipinski definition) is 4. The zero-order chi connectivity index (χ0) is 13.6. The summed E-state index contributed by atoms with van der Waals surface area (Å²) in [5.41, 5.74) is -0.370. The fourth-order valence-corrected chi connectivity index (χ4v) is 2.01. The van der Waals surface area contributed by atoms with Gasteiger partial charge < -0.3 is 5.11 Å². The van der Waals surface area contributed by atoms with E-state index in [9.17, 15) is 14.7 Å². The Morgan fingerprint density at radius 1 is 1.11 bits per heavy atom. The molecule has 0 aliphatic carbocycles. The van der Waals surface area contributed by atoms with Crippen LogP contribution in [0.5, 0.6) is 5.88 Å². The minimum atomic E-state index is -0.798. The average molecular weight is 256 g/mol. The lowest BCUT2D eigenvalue weighted by Crippen LogP contribution is -2.27. The maximum absolute atomic E-state index is 11.8. The van der Waals surface area contributed by atoms with Gasteiger partial charge in [0.15, 0.2) is 5.84 Å². The van der Waals surface area contributed by atoms with Crippen LogP contribution in [0.25, 0.3) is 0 Å². The van der Waals surface area contributed by atoms with Crippen molar-refractivity contribution >= 4 is 11.5 Å². The maximum Gasteiger partial charge on any atom is 0.328 e. The summed E-state index contributed by atoms with van der Waals surface area (Å²) in [6.07, 6.45) is 0. The van der Waals surface area contributed by atoms with Crippen LogP contribution in [0.2, 0.25) is 0 Å². The normalized spacial score (nSPS) is 13.3. The molecule has 4 N–H and O–H groups in total. The van der Waals surface area contributed by atoms with Gasteiger partial charge in [-0.2, -0.15) is 0 Å². The molecule has 7 nitrogen and oxygen atoms in total. The summed E-state index contributed by atoms with van der Waals surface area (Å²) in [6.45, 7) is 0. The molecule has 1 aliphatic rings. The molecule has 7 heteroatoms. The van der Waals surface area contributed by atoms with Crippen LogP contribution in [0.1, 0.15) is 16.7 Å². The van der Waals surface area contributed by atoms with Gasteiger partial charge in [0.1, 0.15) is 5.56 Å². The van der Waals surface area contributed by atoms with Crippen LogP contribution < -0.4 is 11.2 Å². The van der Waals surface area contributed by atoms with E-state index in [0.29, 0.717) is 11.1 Å². The van der Waals surface area contributed by atoms with Gasteiger partial charge in [-0.05, 0) is 0 Å². The highest BCUT2D eigenvalue weighted by Gasteiger charge is 2.26. The molecule has 0 amide bonds.